The van der Waals surface area contributed by atoms with E-state index in [1.165, 1.54) is 17.7 Å². The molecule has 1 aromatic heterocycles. The number of benzene rings is 1. The van der Waals surface area contributed by atoms with Crippen molar-refractivity contribution in [3.05, 3.63) is 52.7 Å². The molecule has 0 radical (unpaired) electrons. The maximum Gasteiger partial charge on any atom is 0.193 e. The maximum atomic E-state index is 13.2. The Morgan fingerprint density at radius 1 is 1.29 bits per heavy atom. The molecular weight excluding hydrogens is 359 g/mol. The molecule has 3 rings (SSSR count). The minimum Gasteiger partial charge on any atom is -0.367 e. The molecule has 2 unspecified atom stereocenters. The average Bonchev–Trinajstić information content (AvgIpc) is 3.00. The summed E-state index contributed by atoms with van der Waals surface area (Å²) in [6.07, 6.45) is 1.83. The molecule has 1 saturated heterocycles. The Labute approximate surface area is 165 Å². The number of morpholine rings is 1. The quantitative estimate of drug-likeness (QED) is 0.483. The largest absolute Gasteiger partial charge is 0.367 e. The molecular formula is C21H29FN4O2. The van der Waals surface area contributed by atoms with Crippen LogP contribution >= 0.6 is 0 Å². The zero-order chi connectivity index (χ0) is 20.1. The van der Waals surface area contributed by atoms with E-state index in [1.807, 2.05) is 20.8 Å². The third-order valence-electron chi connectivity index (χ3n) is 5.08. The van der Waals surface area contributed by atoms with Crippen molar-refractivity contribution in [2.45, 2.75) is 45.8 Å². The van der Waals surface area contributed by atoms with Crippen molar-refractivity contribution in [1.82, 2.24) is 15.4 Å². The van der Waals surface area contributed by atoms with Crippen molar-refractivity contribution < 1.29 is 13.7 Å². The van der Waals surface area contributed by atoms with Gasteiger partial charge >= 0.3 is 0 Å². The van der Waals surface area contributed by atoms with E-state index in [9.17, 15) is 4.39 Å². The molecule has 0 spiro atoms. The van der Waals surface area contributed by atoms with Gasteiger partial charge in [0, 0.05) is 25.7 Å². The normalized spacial score (nSPS) is 20.5. The van der Waals surface area contributed by atoms with Gasteiger partial charge < -0.3 is 19.5 Å². The molecule has 0 bridgehead atoms. The van der Waals surface area contributed by atoms with Crippen LogP contribution in [0.25, 0.3) is 0 Å². The summed E-state index contributed by atoms with van der Waals surface area (Å²) in [4.78, 5) is 6.65. The lowest BCUT2D eigenvalue weighted by molar-refractivity contribution is -0.0605. The molecule has 28 heavy (non-hydrogen) atoms. The van der Waals surface area contributed by atoms with Crippen molar-refractivity contribution in [3.63, 3.8) is 0 Å². The molecule has 2 atom stereocenters. The molecule has 152 valence electrons. The monoisotopic (exact) mass is 388 g/mol. The van der Waals surface area contributed by atoms with E-state index in [2.05, 4.69) is 20.4 Å². The van der Waals surface area contributed by atoms with Gasteiger partial charge in [-0.05, 0) is 51.3 Å². The van der Waals surface area contributed by atoms with Crippen LogP contribution < -0.4 is 5.32 Å². The molecule has 1 aliphatic heterocycles. The summed E-state index contributed by atoms with van der Waals surface area (Å²) in [5.74, 6) is 1.52. The van der Waals surface area contributed by atoms with Crippen molar-refractivity contribution in [2.75, 3.05) is 26.7 Å². The summed E-state index contributed by atoms with van der Waals surface area (Å²) in [7, 11) is 1.80. The highest BCUT2D eigenvalue weighted by Gasteiger charge is 2.28. The van der Waals surface area contributed by atoms with Gasteiger partial charge in [-0.2, -0.15) is 0 Å². The second-order valence-corrected chi connectivity index (χ2v) is 7.27. The van der Waals surface area contributed by atoms with Gasteiger partial charge in [-0.1, -0.05) is 17.3 Å². The van der Waals surface area contributed by atoms with Crippen LogP contribution in [0.2, 0.25) is 0 Å². The number of rotatable bonds is 5. The highest BCUT2D eigenvalue weighted by Crippen LogP contribution is 2.25. The van der Waals surface area contributed by atoms with Gasteiger partial charge in [-0.25, -0.2) is 4.39 Å². The Balaban J connectivity index is 1.56. The van der Waals surface area contributed by atoms with Crippen LogP contribution in [0.15, 0.2) is 33.8 Å². The molecule has 1 N–H and O–H groups in total. The topological polar surface area (TPSA) is 62.9 Å². The number of aliphatic imine (C=N–C) groups is 1. The molecule has 1 fully saturated rings. The van der Waals surface area contributed by atoms with Crippen LogP contribution in [0.5, 0.6) is 0 Å². The SMILES string of the molecule is CN=C(NCCCc1c(C)noc1C)N1CC(C)OC(c2ccc(F)cc2)C1. The van der Waals surface area contributed by atoms with E-state index in [1.54, 1.807) is 19.2 Å². The van der Waals surface area contributed by atoms with Crippen LogP contribution in [-0.4, -0.2) is 48.8 Å². The highest BCUT2D eigenvalue weighted by atomic mass is 19.1. The zero-order valence-electron chi connectivity index (χ0n) is 17.0. The van der Waals surface area contributed by atoms with E-state index in [-0.39, 0.29) is 18.0 Å². The van der Waals surface area contributed by atoms with Crippen LogP contribution in [0.3, 0.4) is 0 Å². The lowest BCUT2D eigenvalue weighted by Crippen LogP contribution is -2.50. The van der Waals surface area contributed by atoms with Crippen molar-refractivity contribution in [1.29, 1.82) is 0 Å². The standard InChI is InChI=1S/C21H29FN4O2/c1-14-12-26(13-20(27-14)17-7-9-18(22)10-8-17)21(23-4)24-11-5-6-19-15(2)25-28-16(19)3/h7-10,14,20H,5-6,11-13H2,1-4H3,(H,23,24). The molecule has 2 aromatic rings. The lowest BCUT2D eigenvalue weighted by Gasteiger charge is -2.38. The number of nitrogens with zero attached hydrogens (tertiary/aromatic N) is 3. The molecule has 2 heterocycles. The number of halogens is 1. The number of hydrogen-bond donors (Lipinski definition) is 1. The van der Waals surface area contributed by atoms with Gasteiger partial charge in [0.25, 0.3) is 0 Å². The van der Waals surface area contributed by atoms with Crippen molar-refractivity contribution in [3.8, 4) is 0 Å². The van der Waals surface area contributed by atoms with Crippen LogP contribution in [0.4, 0.5) is 4.39 Å². The lowest BCUT2D eigenvalue weighted by atomic mass is 10.1. The summed E-state index contributed by atoms with van der Waals surface area (Å²) < 4.78 is 24.5. The first-order valence-electron chi connectivity index (χ1n) is 9.76. The van der Waals surface area contributed by atoms with Gasteiger partial charge in [0.1, 0.15) is 17.7 Å². The van der Waals surface area contributed by atoms with Gasteiger partial charge in [-0.15, -0.1) is 0 Å². The van der Waals surface area contributed by atoms with Gasteiger partial charge in [-0.3, -0.25) is 4.99 Å². The first-order valence-corrected chi connectivity index (χ1v) is 9.76. The molecule has 6 nitrogen and oxygen atoms in total. The second-order valence-electron chi connectivity index (χ2n) is 7.27. The minimum absolute atomic E-state index is 0.0599. The number of aromatic nitrogens is 1. The third kappa shape index (κ3) is 4.90. The van der Waals surface area contributed by atoms with E-state index in [0.717, 1.165) is 48.9 Å². The van der Waals surface area contributed by atoms with Gasteiger partial charge in [0.05, 0.1) is 18.3 Å². The summed E-state index contributed by atoms with van der Waals surface area (Å²) >= 11 is 0. The van der Waals surface area contributed by atoms with Gasteiger partial charge in [0.15, 0.2) is 5.96 Å². The van der Waals surface area contributed by atoms with Crippen molar-refractivity contribution in [2.24, 2.45) is 4.99 Å². The van der Waals surface area contributed by atoms with E-state index in [0.29, 0.717) is 6.54 Å². The summed E-state index contributed by atoms with van der Waals surface area (Å²) in [6.45, 7) is 8.23. The Morgan fingerprint density at radius 2 is 2.04 bits per heavy atom. The van der Waals surface area contributed by atoms with Crippen LogP contribution in [0.1, 0.15) is 42.0 Å². The number of nitrogens with one attached hydrogen (secondary N) is 1. The fourth-order valence-corrected chi connectivity index (χ4v) is 3.64. The predicted octanol–water partition coefficient (Wildman–Crippen LogP) is 3.40. The average molecular weight is 388 g/mol. The zero-order valence-corrected chi connectivity index (χ0v) is 17.0. The summed E-state index contributed by atoms with van der Waals surface area (Å²) in [6, 6.07) is 6.53. The van der Waals surface area contributed by atoms with Crippen molar-refractivity contribution >= 4 is 5.96 Å². The molecule has 0 saturated carbocycles. The molecule has 0 aliphatic carbocycles. The van der Waals surface area contributed by atoms with Crippen LogP contribution in [0, 0.1) is 19.7 Å². The molecule has 1 aromatic carbocycles. The van der Waals surface area contributed by atoms with E-state index >= 15 is 0 Å². The summed E-state index contributed by atoms with van der Waals surface area (Å²) in [5.41, 5.74) is 3.13. The highest BCUT2D eigenvalue weighted by molar-refractivity contribution is 5.80. The fraction of sp³-hybridized carbons (Fsp3) is 0.524. The molecule has 7 heteroatoms. The Morgan fingerprint density at radius 3 is 2.68 bits per heavy atom. The fourth-order valence-electron chi connectivity index (χ4n) is 3.64. The second kappa shape index (κ2) is 9.19. The predicted molar refractivity (Wildman–Crippen MR) is 107 cm³/mol. The Bertz CT molecular complexity index is 784. The smallest absolute Gasteiger partial charge is 0.193 e. The maximum absolute atomic E-state index is 13.2. The Hall–Kier alpha value is -2.41. The number of ether oxygens (including phenoxy) is 1. The first kappa shape index (κ1) is 20.3. The number of aryl methyl sites for hydroxylation is 2. The number of hydrogen-bond acceptors (Lipinski definition) is 4. The van der Waals surface area contributed by atoms with Gasteiger partial charge in [0.2, 0.25) is 0 Å². The molecule has 0 amide bonds. The van der Waals surface area contributed by atoms with E-state index in [4.69, 9.17) is 9.26 Å². The Kier molecular flexibility index (Phi) is 6.67. The molecule has 1 aliphatic rings. The number of guanidine groups is 1. The summed E-state index contributed by atoms with van der Waals surface area (Å²) in [5, 5.41) is 7.46. The minimum atomic E-state index is -0.236. The first-order chi connectivity index (χ1) is 13.5. The third-order valence-corrected chi connectivity index (χ3v) is 5.08. The van der Waals surface area contributed by atoms with Crippen LogP contribution in [-0.2, 0) is 11.2 Å². The van der Waals surface area contributed by atoms with E-state index < -0.39 is 0 Å².